The molecule has 6 nitrogen and oxygen atoms in total. The monoisotopic (exact) mass is 499 g/mol. The van der Waals surface area contributed by atoms with Gasteiger partial charge in [-0.15, -0.1) is 24.0 Å². The molecular formula is C21H30IN3O3. The first-order valence-corrected chi connectivity index (χ1v) is 9.00. The van der Waals surface area contributed by atoms with E-state index in [0.29, 0.717) is 36.5 Å². The van der Waals surface area contributed by atoms with Crippen LogP contribution in [0.3, 0.4) is 0 Å². The van der Waals surface area contributed by atoms with Gasteiger partial charge in [0.2, 0.25) is 0 Å². The second-order valence-electron chi connectivity index (χ2n) is 6.23. The van der Waals surface area contributed by atoms with E-state index in [0.717, 1.165) is 11.4 Å². The molecule has 2 aromatic carbocycles. The second kappa shape index (κ2) is 12.3. The zero-order valence-corrected chi connectivity index (χ0v) is 19.4. The third-order valence-corrected chi connectivity index (χ3v) is 4.06. The Morgan fingerprint density at radius 3 is 2.36 bits per heavy atom. The molecule has 7 heteroatoms. The van der Waals surface area contributed by atoms with Crippen molar-refractivity contribution < 1.29 is 14.2 Å². The number of aliphatic imine (C=N–C) groups is 1. The minimum absolute atomic E-state index is 0. The number of hydrogen-bond acceptors (Lipinski definition) is 4. The number of para-hydroxylation sites is 1. The van der Waals surface area contributed by atoms with Gasteiger partial charge in [0.1, 0.15) is 12.4 Å². The smallest absolute Gasteiger partial charge is 0.195 e. The molecule has 0 aliphatic rings. The number of hydrogen-bond donors (Lipinski definition) is 2. The van der Waals surface area contributed by atoms with Gasteiger partial charge in [-0.1, -0.05) is 32.0 Å². The average Bonchev–Trinajstić information content (AvgIpc) is 2.70. The van der Waals surface area contributed by atoms with Crippen molar-refractivity contribution in [3.05, 3.63) is 48.0 Å². The average molecular weight is 499 g/mol. The van der Waals surface area contributed by atoms with Crippen molar-refractivity contribution in [2.75, 3.05) is 39.7 Å². The molecule has 0 aliphatic heterocycles. The molecule has 0 atom stereocenters. The Kier molecular flexibility index (Phi) is 10.5. The molecule has 0 bridgehead atoms. The number of rotatable bonds is 8. The Balaban J connectivity index is 0.00000392. The molecule has 2 aromatic rings. The van der Waals surface area contributed by atoms with Gasteiger partial charge in [-0.25, -0.2) is 0 Å². The van der Waals surface area contributed by atoms with Crippen molar-refractivity contribution in [1.29, 1.82) is 0 Å². The third-order valence-electron chi connectivity index (χ3n) is 4.06. The van der Waals surface area contributed by atoms with E-state index in [-0.39, 0.29) is 24.0 Å². The van der Waals surface area contributed by atoms with Crippen molar-refractivity contribution >= 4 is 35.6 Å². The van der Waals surface area contributed by atoms with Gasteiger partial charge in [-0.05, 0) is 29.7 Å². The molecule has 0 saturated heterocycles. The molecule has 0 aliphatic carbocycles. The highest BCUT2D eigenvalue weighted by Gasteiger charge is 2.08. The van der Waals surface area contributed by atoms with Crippen LogP contribution in [0.1, 0.15) is 25.3 Å². The molecule has 0 aromatic heterocycles. The lowest BCUT2D eigenvalue weighted by Gasteiger charge is -2.16. The highest BCUT2D eigenvalue weighted by atomic mass is 127. The fraction of sp³-hybridized carbons (Fsp3) is 0.381. The quantitative estimate of drug-likeness (QED) is 0.242. The van der Waals surface area contributed by atoms with Crippen LogP contribution in [0.5, 0.6) is 17.2 Å². The Labute approximate surface area is 184 Å². The van der Waals surface area contributed by atoms with Gasteiger partial charge in [0.05, 0.1) is 20.8 Å². The van der Waals surface area contributed by atoms with E-state index >= 15 is 0 Å². The van der Waals surface area contributed by atoms with Crippen molar-refractivity contribution in [3.63, 3.8) is 0 Å². The number of anilines is 1. The lowest BCUT2D eigenvalue weighted by atomic mass is 10.0. The number of benzene rings is 2. The summed E-state index contributed by atoms with van der Waals surface area (Å²) in [5.74, 6) is 3.35. The van der Waals surface area contributed by atoms with E-state index in [2.05, 4.69) is 35.5 Å². The van der Waals surface area contributed by atoms with Crippen LogP contribution in [0, 0.1) is 0 Å². The minimum atomic E-state index is 0. The first-order chi connectivity index (χ1) is 13.1. The van der Waals surface area contributed by atoms with E-state index < -0.39 is 0 Å². The molecule has 2 rings (SSSR count). The van der Waals surface area contributed by atoms with Crippen LogP contribution >= 0.6 is 24.0 Å². The maximum atomic E-state index is 5.93. The van der Waals surface area contributed by atoms with Crippen molar-refractivity contribution in [2.45, 2.75) is 19.8 Å². The maximum absolute atomic E-state index is 5.93. The number of ether oxygens (including phenoxy) is 3. The van der Waals surface area contributed by atoms with Crippen LogP contribution < -0.4 is 24.8 Å². The predicted molar refractivity (Wildman–Crippen MR) is 126 cm³/mol. The third kappa shape index (κ3) is 6.78. The summed E-state index contributed by atoms with van der Waals surface area (Å²) in [6, 6.07) is 13.8. The van der Waals surface area contributed by atoms with Crippen LogP contribution in [-0.4, -0.2) is 40.4 Å². The SMILES string of the molecule is CN=C(NCCOc1ccccc1C(C)C)Nc1ccc(OC)c(OC)c1.I. The molecule has 0 saturated carbocycles. The summed E-state index contributed by atoms with van der Waals surface area (Å²) < 4.78 is 16.5. The molecular weight excluding hydrogens is 469 g/mol. The minimum Gasteiger partial charge on any atom is -0.493 e. The van der Waals surface area contributed by atoms with Gasteiger partial charge in [0.25, 0.3) is 0 Å². The highest BCUT2D eigenvalue weighted by Crippen LogP contribution is 2.29. The fourth-order valence-electron chi connectivity index (χ4n) is 2.65. The van der Waals surface area contributed by atoms with Gasteiger partial charge < -0.3 is 24.8 Å². The van der Waals surface area contributed by atoms with Crippen molar-refractivity contribution in [2.24, 2.45) is 4.99 Å². The van der Waals surface area contributed by atoms with Crippen LogP contribution in [-0.2, 0) is 0 Å². The van der Waals surface area contributed by atoms with Crippen LogP contribution in [0.15, 0.2) is 47.5 Å². The first-order valence-electron chi connectivity index (χ1n) is 9.00. The summed E-state index contributed by atoms with van der Waals surface area (Å²) in [5, 5.41) is 6.48. The molecule has 0 fully saturated rings. The lowest BCUT2D eigenvalue weighted by Crippen LogP contribution is -2.33. The Bertz CT molecular complexity index is 766. The van der Waals surface area contributed by atoms with Crippen molar-refractivity contribution in [1.82, 2.24) is 5.32 Å². The molecule has 0 heterocycles. The van der Waals surface area contributed by atoms with Gasteiger partial charge in [0, 0.05) is 18.8 Å². The molecule has 28 heavy (non-hydrogen) atoms. The highest BCUT2D eigenvalue weighted by molar-refractivity contribution is 14.0. The van der Waals surface area contributed by atoms with E-state index in [1.807, 2.05) is 36.4 Å². The van der Waals surface area contributed by atoms with Gasteiger partial charge >= 0.3 is 0 Å². The summed E-state index contributed by atoms with van der Waals surface area (Å²) in [7, 11) is 4.95. The number of nitrogens with zero attached hydrogens (tertiary/aromatic N) is 1. The summed E-state index contributed by atoms with van der Waals surface area (Å²) in [6.45, 7) is 5.49. The Morgan fingerprint density at radius 2 is 1.71 bits per heavy atom. The fourth-order valence-corrected chi connectivity index (χ4v) is 2.65. The zero-order valence-electron chi connectivity index (χ0n) is 17.1. The summed E-state index contributed by atoms with van der Waals surface area (Å²) in [5.41, 5.74) is 2.07. The normalized spacial score (nSPS) is 10.9. The van der Waals surface area contributed by atoms with Crippen molar-refractivity contribution in [3.8, 4) is 17.2 Å². The number of methoxy groups -OCH3 is 2. The molecule has 0 spiro atoms. The van der Waals surface area contributed by atoms with E-state index in [1.54, 1.807) is 21.3 Å². The van der Waals surface area contributed by atoms with Crippen LogP contribution in [0.25, 0.3) is 0 Å². The molecule has 154 valence electrons. The summed E-state index contributed by atoms with van der Waals surface area (Å²) >= 11 is 0. The molecule has 0 unspecified atom stereocenters. The summed E-state index contributed by atoms with van der Waals surface area (Å²) in [4.78, 5) is 4.24. The lowest BCUT2D eigenvalue weighted by molar-refractivity contribution is 0.318. The zero-order chi connectivity index (χ0) is 19.6. The number of nitrogens with one attached hydrogen (secondary N) is 2. The van der Waals surface area contributed by atoms with Gasteiger partial charge in [-0.2, -0.15) is 0 Å². The topological polar surface area (TPSA) is 64.1 Å². The van der Waals surface area contributed by atoms with E-state index in [1.165, 1.54) is 5.56 Å². The van der Waals surface area contributed by atoms with Crippen LogP contribution in [0.4, 0.5) is 5.69 Å². The summed E-state index contributed by atoms with van der Waals surface area (Å²) in [6.07, 6.45) is 0. The largest absolute Gasteiger partial charge is 0.493 e. The standard InChI is InChI=1S/C21H29N3O3.HI/c1-15(2)17-8-6-7-9-18(17)27-13-12-23-21(22-3)24-16-10-11-19(25-4)20(14-16)26-5;/h6-11,14-15H,12-13H2,1-5H3,(H2,22,23,24);1H. The Morgan fingerprint density at radius 1 is 1.00 bits per heavy atom. The predicted octanol–water partition coefficient (Wildman–Crippen LogP) is 4.51. The first kappa shape index (κ1) is 23.9. The number of halogens is 1. The van der Waals surface area contributed by atoms with Crippen LogP contribution in [0.2, 0.25) is 0 Å². The van der Waals surface area contributed by atoms with E-state index in [9.17, 15) is 0 Å². The maximum Gasteiger partial charge on any atom is 0.195 e. The number of guanidine groups is 1. The van der Waals surface area contributed by atoms with Gasteiger partial charge in [0.15, 0.2) is 17.5 Å². The second-order valence-corrected chi connectivity index (χ2v) is 6.23. The molecule has 2 N–H and O–H groups in total. The van der Waals surface area contributed by atoms with E-state index in [4.69, 9.17) is 14.2 Å². The molecule has 0 amide bonds. The molecule has 0 radical (unpaired) electrons. The Hall–Kier alpha value is -2.16. The van der Waals surface area contributed by atoms with Gasteiger partial charge in [-0.3, -0.25) is 4.99 Å².